The second-order valence-corrected chi connectivity index (χ2v) is 4.55. The average Bonchev–Trinajstić information content (AvgIpc) is 2.37. The predicted molar refractivity (Wildman–Crippen MR) is 73.3 cm³/mol. The minimum Gasteiger partial charge on any atom is -0.314 e. The van der Waals surface area contributed by atoms with E-state index in [9.17, 15) is 0 Å². The van der Waals surface area contributed by atoms with Crippen molar-refractivity contribution in [3.05, 3.63) is 42.1 Å². The molecule has 2 atom stereocenters. The number of pyridine rings is 1. The molecule has 1 aromatic heterocycles. The summed E-state index contributed by atoms with van der Waals surface area (Å²) in [7, 11) is 0. The van der Waals surface area contributed by atoms with Crippen LogP contribution in [0.5, 0.6) is 0 Å². The molecule has 17 heavy (non-hydrogen) atoms. The zero-order valence-electron chi connectivity index (χ0n) is 10.8. The summed E-state index contributed by atoms with van der Waals surface area (Å²) in [6.07, 6.45) is 1.91. The topological polar surface area (TPSA) is 24.9 Å². The van der Waals surface area contributed by atoms with Crippen molar-refractivity contribution in [3.63, 3.8) is 0 Å². The Balaban J connectivity index is 2.41. The van der Waals surface area contributed by atoms with E-state index in [1.54, 1.807) is 0 Å². The van der Waals surface area contributed by atoms with Crippen LogP contribution in [0.25, 0.3) is 10.9 Å². The molecule has 0 aliphatic carbocycles. The molecule has 1 N–H and O–H groups in total. The predicted octanol–water partition coefficient (Wildman–Crippen LogP) is 3.34. The third-order valence-electron chi connectivity index (χ3n) is 3.45. The van der Waals surface area contributed by atoms with Crippen molar-refractivity contribution in [2.75, 3.05) is 6.54 Å². The molecular weight excluding hydrogens is 208 g/mol. The van der Waals surface area contributed by atoms with Crippen LogP contribution < -0.4 is 5.32 Å². The lowest BCUT2D eigenvalue weighted by Gasteiger charge is -2.22. The number of rotatable bonds is 4. The first-order valence-corrected chi connectivity index (χ1v) is 6.31. The first-order valence-electron chi connectivity index (χ1n) is 6.31. The van der Waals surface area contributed by atoms with Crippen LogP contribution in [0.15, 0.2) is 36.5 Å². The lowest BCUT2D eigenvalue weighted by atomic mass is 9.92. The second kappa shape index (κ2) is 5.28. The Labute approximate surface area is 103 Å². The zero-order chi connectivity index (χ0) is 12.3. The van der Waals surface area contributed by atoms with Crippen LogP contribution in [0.4, 0.5) is 0 Å². The van der Waals surface area contributed by atoms with E-state index in [1.807, 2.05) is 12.3 Å². The largest absolute Gasteiger partial charge is 0.314 e. The Morgan fingerprint density at radius 2 is 1.94 bits per heavy atom. The number of aromatic nitrogens is 1. The molecule has 0 aliphatic rings. The van der Waals surface area contributed by atoms with Crippen LogP contribution >= 0.6 is 0 Å². The summed E-state index contributed by atoms with van der Waals surface area (Å²) in [5, 5.41) is 4.76. The number of hydrogen-bond acceptors (Lipinski definition) is 2. The fourth-order valence-corrected chi connectivity index (χ4v) is 2.28. The highest BCUT2D eigenvalue weighted by Crippen LogP contribution is 2.26. The maximum atomic E-state index is 4.41. The number of fused-ring (bicyclic) bond motifs is 1. The van der Waals surface area contributed by atoms with Gasteiger partial charge in [-0.25, -0.2) is 0 Å². The highest BCUT2D eigenvalue weighted by molar-refractivity contribution is 5.82. The van der Waals surface area contributed by atoms with E-state index in [-0.39, 0.29) is 0 Å². The lowest BCUT2D eigenvalue weighted by Crippen LogP contribution is -2.30. The smallest absolute Gasteiger partial charge is 0.0704 e. The van der Waals surface area contributed by atoms with Crippen molar-refractivity contribution in [2.45, 2.75) is 32.7 Å². The van der Waals surface area contributed by atoms with Crippen molar-refractivity contribution < 1.29 is 0 Å². The van der Waals surface area contributed by atoms with Crippen LogP contribution in [0.3, 0.4) is 0 Å². The van der Waals surface area contributed by atoms with Gasteiger partial charge in [0.2, 0.25) is 0 Å². The molecule has 2 aromatic rings. The van der Waals surface area contributed by atoms with Gasteiger partial charge in [-0.05, 0) is 37.1 Å². The summed E-state index contributed by atoms with van der Waals surface area (Å²) >= 11 is 0. The Bertz CT molecular complexity index is 488. The van der Waals surface area contributed by atoms with Gasteiger partial charge in [-0.3, -0.25) is 4.98 Å². The number of likely N-dealkylation sites (N-methyl/N-ethyl adjacent to an activating group) is 1. The number of hydrogen-bond donors (Lipinski definition) is 1. The van der Waals surface area contributed by atoms with E-state index >= 15 is 0 Å². The van der Waals surface area contributed by atoms with Crippen molar-refractivity contribution in [1.82, 2.24) is 10.3 Å². The highest BCUT2D eigenvalue weighted by Gasteiger charge is 2.15. The molecule has 0 saturated heterocycles. The molecule has 0 aliphatic heterocycles. The Morgan fingerprint density at radius 3 is 2.71 bits per heavy atom. The fourth-order valence-electron chi connectivity index (χ4n) is 2.28. The number of para-hydroxylation sites is 1. The molecule has 0 fully saturated rings. The molecular formula is C15H20N2. The molecule has 2 nitrogen and oxygen atoms in total. The van der Waals surface area contributed by atoms with Crippen molar-refractivity contribution in [1.29, 1.82) is 0 Å². The van der Waals surface area contributed by atoms with Gasteiger partial charge < -0.3 is 5.32 Å². The van der Waals surface area contributed by atoms with E-state index in [2.05, 4.69) is 55.3 Å². The van der Waals surface area contributed by atoms with Crippen LogP contribution in [-0.4, -0.2) is 17.6 Å². The van der Waals surface area contributed by atoms with Gasteiger partial charge in [0.15, 0.2) is 0 Å². The summed E-state index contributed by atoms with van der Waals surface area (Å²) in [4.78, 5) is 4.41. The summed E-state index contributed by atoms with van der Waals surface area (Å²) in [6, 6.07) is 11.0. The van der Waals surface area contributed by atoms with Gasteiger partial charge in [0, 0.05) is 17.6 Å². The molecule has 1 heterocycles. The molecule has 2 rings (SSSR count). The number of nitrogens with zero attached hydrogens (tertiary/aromatic N) is 1. The first-order chi connectivity index (χ1) is 8.24. The van der Waals surface area contributed by atoms with Gasteiger partial charge in [0.05, 0.1) is 5.52 Å². The summed E-state index contributed by atoms with van der Waals surface area (Å²) in [5.74, 6) is 0.489. The SMILES string of the molecule is CCNC(C)C(C)c1ccnc2ccccc12. The van der Waals surface area contributed by atoms with Gasteiger partial charge in [-0.15, -0.1) is 0 Å². The number of benzene rings is 1. The third-order valence-corrected chi connectivity index (χ3v) is 3.45. The molecule has 90 valence electrons. The Kier molecular flexibility index (Phi) is 3.75. The van der Waals surface area contributed by atoms with Crippen LogP contribution in [0.1, 0.15) is 32.3 Å². The minimum absolute atomic E-state index is 0.478. The Hall–Kier alpha value is -1.41. The van der Waals surface area contributed by atoms with Crippen molar-refractivity contribution in [3.8, 4) is 0 Å². The standard InChI is InChI=1S/C15H20N2/c1-4-16-12(3)11(2)13-9-10-17-15-8-6-5-7-14(13)15/h5-12,16H,4H2,1-3H3. The van der Waals surface area contributed by atoms with Crippen molar-refractivity contribution >= 4 is 10.9 Å². The van der Waals surface area contributed by atoms with E-state index in [4.69, 9.17) is 0 Å². The van der Waals surface area contributed by atoms with Crippen LogP contribution in [0, 0.1) is 0 Å². The lowest BCUT2D eigenvalue weighted by molar-refractivity contribution is 0.497. The monoisotopic (exact) mass is 228 g/mol. The van der Waals surface area contributed by atoms with Crippen molar-refractivity contribution in [2.24, 2.45) is 0 Å². The summed E-state index contributed by atoms with van der Waals surface area (Å²) < 4.78 is 0. The van der Waals surface area contributed by atoms with E-state index in [1.165, 1.54) is 10.9 Å². The normalized spacial score (nSPS) is 14.8. The van der Waals surface area contributed by atoms with Crippen LogP contribution in [-0.2, 0) is 0 Å². The molecule has 0 bridgehead atoms. The number of nitrogens with one attached hydrogen (secondary N) is 1. The summed E-state index contributed by atoms with van der Waals surface area (Å²) in [6.45, 7) is 7.67. The highest BCUT2D eigenvalue weighted by atomic mass is 14.9. The molecule has 2 unspecified atom stereocenters. The minimum atomic E-state index is 0.478. The van der Waals surface area contributed by atoms with E-state index in [0.29, 0.717) is 12.0 Å². The first kappa shape index (κ1) is 12.1. The molecule has 0 saturated carbocycles. The van der Waals surface area contributed by atoms with Gasteiger partial charge in [-0.2, -0.15) is 0 Å². The average molecular weight is 228 g/mol. The second-order valence-electron chi connectivity index (χ2n) is 4.55. The zero-order valence-corrected chi connectivity index (χ0v) is 10.8. The van der Waals surface area contributed by atoms with Gasteiger partial charge in [0.25, 0.3) is 0 Å². The van der Waals surface area contributed by atoms with E-state index in [0.717, 1.165) is 12.1 Å². The molecule has 0 radical (unpaired) electrons. The Morgan fingerprint density at radius 1 is 1.18 bits per heavy atom. The molecule has 0 spiro atoms. The van der Waals surface area contributed by atoms with E-state index < -0.39 is 0 Å². The maximum absolute atomic E-state index is 4.41. The maximum Gasteiger partial charge on any atom is 0.0704 e. The quantitative estimate of drug-likeness (QED) is 0.868. The fraction of sp³-hybridized carbons (Fsp3) is 0.400. The summed E-state index contributed by atoms with van der Waals surface area (Å²) in [5.41, 5.74) is 2.46. The molecule has 2 heteroatoms. The van der Waals surface area contributed by atoms with Gasteiger partial charge in [-0.1, -0.05) is 32.0 Å². The molecule has 0 amide bonds. The molecule has 1 aromatic carbocycles. The van der Waals surface area contributed by atoms with Gasteiger partial charge >= 0.3 is 0 Å². The third kappa shape index (κ3) is 2.47. The van der Waals surface area contributed by atoms with Crippen LogP contribution in [0.2, 0.25) is 0 Å². The van der Waals surface area contributed by atoms with Gasteiger partial charge in [0.1, 0.15) is 0 Å².